The third kappa shape index (κ3) is 6.59. The summed E-state index contributed by atoms with van der Waals surface area (Å²) in [5, 5.41) is 9.94. The molecule has 2 heterocycles. The highest BCUT2D eigenvalue weighted by Crippen LogP contribution is 2.42. The summed E-state index contributed by atoms with van der Waals surface area (Å²) in [6.07, 6.45) is 0. The molecule has 67 heavy (non-hydrogen) atoms. The molecule has 0 saturated carbocycles. The summed E-state index contributed by atoms with van der Waals surface area (Å²) in [4.78, 5) is 10.7. The molecule has 0 radical (unpaired) electrons. The molecule has 13 aromatic rings. The van der Waals surface area contributed by atoms with E-state index in [9.17, 15) is 0 Å². The molecule has 0 fully saturated rings. The van der Waals surface area contributed by atoms with E-state index >= 15 is 0 Å². The van der Waals surface area contributed by atoms with E-state index in [1.165, 1.54) is 65.3 Å². The molecule has 0 saturated heterocycles. The van der Waals surface area contributed by atoms with Gasteiger partial charge in [-0.25, -0.2) is 9.97 Å². The third-order valence-electron chi connectivity index (χ3n) is 13.4. The van der Waals surface area contributed by atoms with Crippen LogP contribution in [0.2, 0.25) is 0 Å². The molecular formula is C64H41N3. The molecule has 0 unspecified atom stereocenters. The van der Waals surface area contributed by atoms with E-state index in [-0.39, 0.29) is 0 Å². The smallest absolute Gasteiger partial charge is 0.160 e. The van der Waals surface area contributed by atoms with E-state index in [1.54, 1.807) is 0 Å². The van der Waals surface area contributed by atoms with Crippen LogP contribution in [0.4, 0.5) is 0 Å². The second kappa shape index (κ2) is 16.0. The number of benzene rings is 11. The third-order valence-corrected chi connectivity index (χ3v) is 13.4. The van der Waals surface area contributed by atoms with Gasteiger partial charge >= 0.3 is 0 Å². The predicted molar refractivity (Wildman–Crippen MR) is 282 cm³/mol. The van der Waals surface area contributed by atoms with Gasteiger partial charge in [0, 0.05) is 38.7 Å². The average Bonchev–Trinajstić information content (AvgIpc) is 3.75. The normalized spacial score (nSPS) is 11.6. The standard InChI is InChI=1S/C64H41N3/c1-3-16-42(17-4-1)50-22-11-12-25-54(50)60-41-59(45-32-30-44(31-33-45)53-27-15-28-57-55-26-13-14-29-61(55)67(63(53)57)49-20-5-2-6-21-49)65-64(66-60)47-36-34-46(35-37-47)62-52-24-10-8-19-48(52)40-58-51-23-9-7-18-43(51)38-39-56(58)62/h1-41H. The minimum absolute atomic E-state index is 0.678. The molecule has 312 valence electrons. The van der Waals surface area contributed by atoms with Gasteiger partial charge in [0.25, 0.3) is 0 Å². The van der Waals surface area contributed by atoms with Crippen LogP contribution in [0.3, 0.4) is 0 Å². The Morgan fingerprint density at radius 1 is 0.284 bits per heavy atom. The van der Waals surface area contributed by atoms with E-state index in [1.807, 2.05) is 0 Å². The molecule has 0 atom stereocenters. The zero-order valence-corrected chi connectivity index (χ0v) is 36.5. The Labute approximate surface area is 388 Å². The van der Waals surface area contributed by atoms with Gasteiger partial charge in [-0.2, -0.15) is 0 Å². The molecule has 0 aliphatic heterocycles. The second-order valence-corrected chi connectivity index (χ2v) is 17.3. The van der Waals surface area contributed by atoms with Crippen molar-refractivity contribution in [3.05, 3.63) is 249 Å². The van der Waals surface area contributed by atoms with E-state index in [0.29, 0.717) is 5.82 Å². The molecule has 13 rings (SSSR count). The van der Waals surface area contributed by atoms with Crippen molar-refractivity contribution >= 4 is 54.1 Å². The maximum absolute atomic E-state index is 5.37. The van der Waals surface area contributed by atoms with Crippen molar-refractivity contribution in [3.8, 4) is 73.0 Å². The zero-order valence-electron chi connectivity index (χ0n) is 36.5. The highest BCUT2D eigenvalue weighted by Gasteiger charge is 2.19. The van der Waals surface area contributed by atoms with Gasteiger partial charge < -0.3 is 4.57 Å². The number of hydrogen-bond donors (Lipinski definition) is 0. The fourth-order valence-electron chi connectivity index (χ4n) is 10.3. The number of fused-ring (bicyclic) bond motifs is 7. The molecule has 0 amide bonds. The van der Waals surface area contributed by atoms with Crippen LogP contribution in [-0.2, 0) is 0 Å². The van der Waals surface area contributed by atoms with E-state index in [4.69, 9.17) is 9.97 Å². The fraction of sp³-hybridized carbons (Fsp3) is 0. The van der Waals surface area contributed by atoms with Crippen LogP contribution in [0.25, 0.3) is 127 Å². The van der Waals surface area contributed by atoms with E-state index < -0.39 is 0 Å². The van der Waals surface area contributed by atoms with Gasteiger partial charge in [-0.3, -0.25) is 0 Å². The number of aromatic nitrogens is 3. The summed E-state index contributed by atoms with van der Waals surface area (Å²) < 4.78 is 2.40. The number of nitrogens with zero attached hydrogens (tertiary/aromatic N) is 3. The quantitative estimate of drug-likeness (QED) is 0.118. The lowest BCUT2D eigenvalue weighted by Crippen LogP contribution is -1.97. The van der Waals surface area contributed by atoms with E-state index in [2.05, 4.69) is 253 Å². The first-order chi connectivity index (χ1) is 33.2. The summed E-state index contributed by atoms with van der Waals surface area (Å²) in [7, 11) is 0. The summed E-state index contributed by atoms with van der Waals surface area (Å²) in [6, 6.07) is 89.3. The number of rotatable bonds is 7. The maximum atomic E-state index is 5.37. The molecule has 11 aromatic carbocycles. The van der Waals surface area contributed by atoms with Crippen molar-refractivity contribution < 1.29 is 0 Å². The minimum atomic E-state index is 0.678. The van der Waals surface area contributed by atoms with E-state index in [0.717, 1.165) is 56.0 Å². The Kier molecular flexibility index (Phi) is 9.17. The second-order valence-electron chi connectivity index (χ2n) is 17.3. The lowest BCUT2D eigenvalue weighted by atomic mass is 9.89. The zero-order chi connectivity index (χ0) is 44.3. The lowest BCUT2D eigenvalue weighted by Gasteiger charge is -2.15. The summed E-state index contributed by atoms with van der Waals surface area (Å²) in [5.41, 5.74) is 15.3. The monoisotopic (exact) mass is 851 g/mol. The molecule has 0 N–H and O–H groups in total. The Morgan fingerprint density at radius 3 is 1.66 bits per heavy atom. The molecule has 0 bridgehead atoms. The van der Waals surface area contributed by atoms with Crippen molar-refractivity contribution in [2.75, 3.05) is 0 Å². The van der Waals surface area contributed by atoms with Gasteiger partial charge in [0.2, 0.25) is 0 Å². The van der Waals surface area contributed by atoms with Gasteiger partial charge in [-0.05, 0) is 90.5 Å². The average molecular weight is 852 g/mol. The largest absolute Gasteiger partial charge is 0.309 e. The van der Waals surface area contributed by atoms with Crippen LogP contribution in [0.1, 0.15) is 0 Å². The van der Waals surface area contributed by atoms with Gasteiger partial charge in [0.1, 0.15) is 0 Å². The Bertz CT molecular complexity index is 4000. The highest BCUT2D eigenvalue weighted by molar-refractivity contribution is 6.20. The van der Waals surface area contributed by atoms with Gasteiger partial charge in [0.15, 0.2) is 5.82 Å². The molecule has 3 heteroatoms. The molecular weight excluding hydrogens is 811 g/mol. The maximum Gasteiger partial charge on any atom is 0.160 e. The van der Waals surface area contributed by atoms with Crippen molar-refractivity contribution in [1.29, 1.82) is 0 Å². The Hall–Kier alpha value is -8.92. The van der Waals surface area contributed by atoms with Crippen LogP contribution in [0.15, 0.2) is 249 Å². The molecule has 3 nitrogen and oxygen atoms in total. The minimum Gasteiger partial charge on any atom is -0.309 e. The highest BCUT2D eigenvalue weighted by atomic mass is 15.0. The number of hydrogen-bond acceptors (Lipinski definition) is 2. The summed E-state index contributed by atoms with van der Waals surface area (Å²) >= 11 is 0. The summed E-state index contributed by atoms with van der Waals surface area (Å²) in [5.74, 6) is 0.678. The van der Waals surface area contributed by atoms with Crippen molar-refractivity contribution in [2.45, 2.75) is 0 Å². The van der Waals surface area contributed by atoms with Gasteiger partial charge in [-0.1, -0.05) is 218 Å². The Balaban J connectivity index is 0.954. The lowest BCUT2D eigenvalue weighted by molar-refractivity contribution is 1.18. The van der Waals surface area contributed by atoms with Gasteiger partial charge in [-0.15, -0.1) is 0 Å². The topological polar surface area (TPSA) is 30.7 Å². The number of para-hydroxylation sites is 3. The predicted octanol–water partition coefficient (Wildman–Crippen LogP) is 17.0. The first-order valence-electron chi connectivity index (χ1n) is 22.9. The van der Waals surface area contributed by atoms with Crippen molar-refractivity contribution in [1.82, 2.24) is 14.5 Å². The Morgan fingerprint density at radius 2 is 0.851 bits per heavy atom. The van der Waals surface area contributed by atoms with Gasteiger partial charge in [0.05, 0.1) is 22.4 Å². The molecule has 0 aliphatic rings. The summed E-state index contributed by atoms with van der Waals surface area (Å²) in [6.45, 7) is 0. The van der Waals surface area contributed by atoms with Crippen molar-refractivity contribution in [3.63, 3.8) is 0 Å². The first-order valence-corrected chi connectivity index (χ1v) is 22.9. The van der Waals surface area contributed by atoms with Crippen LogP contribution >= 0.6 is 0 Å². The molecule has 0 spiro atoms. The first kappa shape index (κ1) is 38.5. The van der Waals surface area contributed by atoms with Crippen LogP contribution in [-0.4, -0.2) is 14.5 Å². The molecule has 0 aliphatic carbocycles. The van der Waals surface area contributed by atoms with Crippen LogP contribution in [0.5, 0.6) is 0 Å². The molecule has 2 aromatic heterocycles. The van der Waals surface area contributed by atoms with Crippen molar-refractivity contribution in [2.24, 2.45) is 0 Å². The SMILES string of the molecule is c1ccc(-c2ccccc2-c2cc(-c3ccc(-c4cccc5c6ccccc6n(-c6ccccc6)c45)cc3)nc(-c3ccc(-c4c5ccccc5cc5c4ccc4ccccc45)cc3)n2)cc1. The van der Waals surface area contributed by atoms with Crippen LogP contribution < -0.4 is 0 Å². The van der Waals surface area contributed by atoms with Crippen LogP contribution in [0, 0.1) is 0 Å². The fourth-order valence-corrected chi connectivity index (χ4v) is 10.3.